The van der Waals surface area contributed by atoms with Crippen LogP contribution in [0, 0.1) is 11.3 Å². The van der Waals surface area contributed by atoms with E-state index in [-0.39, 0.29) is 4.90 Å². The van der Waals surface area contributed by atoms with Gasteiger partial charge >= 0.3 is 0 Å². The highest BCUT2D eigenvalue weighted by Gasteiger charge is 2.06. The highest BCUT2D eigenvalue weighted by atomic mass is 32.2. The van der Waals surface area contributed by atoms with Crippen LogP contribution < -0.4 is 10.5 Å². The molecule has 3 N–H and O–H groups in total. The first kappa shape index (κ1) is 15.0. The molecule has 0 aliphatic rings. The number of nitrogens with zero attached hydrogens (tertiary/aromatic N) is 2. The van der Waals surface area contributed by atoms with Crippen LogP contribution in [0.4, 0.5) is 5.69 Å². The summed E-state index contributed by atoms with van der Waals surface area (Å²) in [4.78, 5) is 4.05. The fraction of sp³-hybridized carbons (Fsp3) is 0.143. The smallest absolute Gasteiger partial charge is 0.238 e. The van der Waals surface area contributed by atoms with Gasteiger partial charge in [-0.15, -0.1) is 0 Å². The number of benzene rings is 1. The maximum Gasteiger partial charge on any atom is 0.238 e. The Balaban J connectivity index is 1.97. The Hall–Kier alpha value is -2.43. The number of anilines is 1. The zero-order valence-corrected chi connectivity index (χ0v) is 12.0. The third-order valence-corrected chi connectivity index (χ3v) is 3.82. The molecule has 0 aliphatic heterocycles. The van der Waals surface area contributed by atoms with E-state index >= 15 is 0 Å². The molecule has 0 fully saturated rings. The normalized spacial score (nSPS) is 10.9. The fourth-order valence-corrected chi connectivity index (χ4v) is 2.34. The molecule has 21 heavy (non-hydrogen) atoms. The number of hydrogen-bond acceptors (Lipinski definition) is 5. The third kappa shape index (κ3) is 4.02. The molecule has 2 rings (SSSR count). The number of nitrogens with two attached hydrogens (primary N) is 1. The number of pyridine rings is 1. The highest BCUT2D eigenvalue weighted by molar-refractivity contribution is 7.89. The highest BCUT2D eigenvalue weighted by Crippen LogP contribution is 2.12. The van der Waals surface area contributed by atoms with Crippen LogP contribution in [0.3, 0.4) is 0 Å². The van der Waals surface area contributed by atoms with Crippen molar-refractivity contribution in [2.45, 2.75) is 11.3 Å². The number of sulfonamides is 1. The van der Waals surface area contributed by atoms with Gasteiger partial charge in [-0.05, 0) is 36.2 Å². The molecule has 0 amide bonds. The minimum Gasteiger partial charge on any atom is -0.382 e. The van der Waals surface area contributed by atoms with E-state index in [1.807, 2.05) is 6.07 Å². The third-order valence-electron chi connectivity index (χ3n) is 2.89. The van der Waals surface area contributed by atoms with Gasteiger partial charge < -0.3 is 5.32 Å². The molecule has 0 saturated carbocycles. The van der Waals surface area contributed by atoms with Crippen LogP contribution in [0.15, 0.2) is 47.5 Å². The van der Waals surface area contributed by atoms with E-state index in [2.05, 4.69) is 10.3 Å². The lowest BCUT2D eigenvalue weighted by atomic mass is 10.1. The molecule has 0 aliphatic carbocycles. The second-order valence-electron chi connectivity index (χ2n) is 4.38. The number of primary sulfonamides is 1. The predicted molar refractivity (Wildman–Crippen MR) is 79.0 cm³/mol. The van der Waals surface area contributed by atoms with Gasteiger partial charge in [0, 0.05) is 12.7 Å². The van der Waals surface area contributed by atoms with E-state index in [0.717, 1.165) is 5.56 Å². The maximum absolute atomic E-state index is 11.1. The second kappa shape index (κ2) is 6.35. The largest absolute Gasteiger partial charge is 0.382 e. The van der Waals surface area contributed by atoms with Crippen LogP contribution in [-0.4, -0.2) is 19.9 Å². The van der Waals surface area contributed by atoms with Gasteiger partial charge in [0.1, 0.15) is 6.07 Å². The van der Waals surface area contributed by atoms with Crippen LogP contribution in [0.2, 0.25) is 0 Å². The minimum atomic E-state index is -3.65. The second-order valence-corrected chi connectivity index (χ2v) is 5.94. The lowest BCUT2D eigenvalue weighted by molar-refractivity contribution is 0.598. The number of hydrogen-bond donors (Lipinski definition) is 2. The van der Waals surface area contributed by atoms with Crippen LogP contribution in [0.1, 0.15) is 11.3 Å². The van der Waals surface area contributed by atoms with E-state index in [1.54, 1.807) is 30.5 Å². The monoisotopic (exact) mass is 302 g/mol. The number of nitrogens with one attached hydrogen (secondary N) is 1. The molecule has 6 nitrogen and oxygen atoms in total. The Morgan fingerprint density at radius 3 is 2.57 bits per heavy atom. The summed E-state index contributed by atoms with van der Waals surface area (Å²) < 4.78 is 22.3. The van der Waals surface area contributed by atoms with Crippen molar-refractivity contribution in [1.82, 2.24) is 4.98 Å². The number of nitriles is 1. The molecule has 1 heterocycles. The summed E-state index contributed by atoms with van der Waals surface area (Å²) in [6.45, 7) is 0.606. The average molecular weight is 302 g/mol. The topological polar surface area (TPSA) is 109 Å². The summed E-state index contributed by atoms with van der Waals surface area (Å²) in [5, 5.41) is 17.1. The summed E-state index contributed by atoms with van der Waals surface area (Å²) in [5.74, 6) is 0. The Morgan fingerprint density at radius 2 is 1.95 bits per heavy atom. The molecule has 0 spiro atoms. The molecule has 0 atom stereocenters. The van der Waals surface area contributed by atoms with Gasteiger partial charge in [0.05, 0.1) is 10.6 Å². The lowest BCUT2D eigenvalue weighted by Crippen LogP contribution is -2.12. The van der Waals surface area contributed by atoms with E-state index in [4.69, 9.17) is 10.4 Å². The van der Waals surface area contributed by atoms with E-state index in [1.165, 1.54) is 12.1 Å². The molecule has 1 aromatic carbocycles. The molecule has 2 aromatic rings. The fourth-order valence-electron chi connectivity index (χ4n) is 1.82. The summed E-state index contributed by atoms with van der Waals surface area (Å²) in [6, 6.07) is 12.0. The van der Waals surface area contributed by atoms with Gasteiger partial charge in [0.2, 0.25) is 10.0 Å². The summed E-state index contributed by atoms with van der Waals surface area (Å²) in [5.41, 5.74) is 2.00. The lowest BCUT2D eigenvalue weighted by Gasteiger charge is -2.07. The summed E-state index contributed by atoms with van der Waals surface area (Å²) in [6.07, 6.45) is 2.25. The molecule has 108 valence electrons. The van der Waals surface area contributed by atoms with Crippen molar-refractivity contribution in [2.75, 3.05) is 11.9 Å². The van der Waals surface area contributed by atoms with Gasteiger partial charge in [-0.2, -0.15) is 5.26 Å². The molecule has 0 unspecified atom stereocenters. The number of rotatable bonds is 5. The van der Waals surface area contributed by atoms with Gasteiger partial charge in [0.15, 0.2) is 5.69 Å². The zero-order valence-electron chi connectivity index (χ0n) is 11.2. The molecular weight excluding hydrogens is 288 g/mol. The van der Waals surface area contributed by atoms with Crippen LogP contribution >= 0.6 is 0 Å². The summed E-state index contributed by atoms with van der Waals surface area (Å²) >= 11 is 0. The van der Waals surface area contributed by atoms with Crippen molar-refractivity contribution in [3.8, 4) is 6.07 Å². The quantitative estimate of drug-likeness (QED) is 0.864. The van der Waals surface area contributed by atoms with Crippen molar-refractivity contribution in [1.29, 1.82) is 5.26 Å². The van der Waals surface area contributed by atoms with Crippen LogP contribution in [0.5, 0.6) is 0 Å². The van der Waals surface area contributed by atoms with Crippen molar-refractivity contribution >= 4 is 15.7 Å². The van der Waals surface area contributed by atoms with Gasteiger partial charge in [0.25, 0.3) is 0 Å². The molecule has 7 heteroatoms. The first-order valence-electron chi connectivity index (χ1n) is 6.21. The van der Waals surface area contributed by atoms with Gasteiger partial charge in [-0.1, -0.05) is 12.1 Å². The Bertz CT molecular complexity index is 764. The van der Waals surface area contributed by atoms with Crippen molar-refractivity contribution in [3.05, 3.63) is 53.9 Å². The molecule has 0 bridgehead atoms. The predicted octanol–water partition coefficient (Wildman–Crippen LogP) is 1.26. The molecule has 0 saturated heterocycles. The first-order chi connectivity index (χ1) is 10.0. The molecule has 0 radical (unpaired) electrons. The molecule has 1 aromatic heterocycles. The minimum absolute atomic E-state index is 0.0956. The van der Waals surface area contributed by atoms with E-state index in [9.17, 15) is 8.42 Å². The van der Waals surface area contributed by atoms with Crippen molar-refractivity contribution < 1.29 is 8.42 Å². The van der Waals surface area contributed by atoms with E-state index < -0.39 is 10.0 Å². The van der Waals surface area contributed by atoms with Crippen LogP contribution in [-0.2, 0) is 16.4 Å². The Kier molecular flexibility index (Phi) is 4.52. The Labute approximate surface area is 123 Å². The van der Waals surface area contributed by atoms with Crippen molar-refractivity contribution in [3.63, 3.8) is 0 Å². The maximum atomic E-state index is 11.1. The van der Waals surface area contributed by atoms with Crippen molar-refractivity contribution in [2.24, 2.45) is 5.14 Å². The average Bonchev–Trinajstić information content (AvgIpc) is 2.47. The van der Waals surface area contributed by atoms with E-state index in [0.29, 0.717) is 24.3 Å². The zero-order chi connectivity index (χ0) is 15.3. The first-order valence-corrected chi connectivity index (χ1v) is 7.76. The number of aromatic nitrogens is 1. The van der Waals surface area contributed by atoms with Gasteiger partial charge in [-0.25, -0.2) is 18.5 Å². The van der Waals surface area contributed by atoms with Crippen LogP contribution in [0.25, 0.3) is 0 Å². The SMILES string of the molecule is N#Cc1ncccc1NCCc1ccc(S(N)(=O)=O)cc1. The summed E-state index contributed by atoms with van der Waals surface area (Å²) in [7, 11) is -3.65. The van der Waals surface area contributed by atoms with Gasteiger partial charge in [-0.3, -0.25) is 0 Å². The Morgan fingerprint density at radius 1 is 1.24 bits per heavy atom. The standard InChI is InChI=1S/C14H14N4O2S/c15-10-14-13(2-1-8-17-14)18-9-7-11-3-5-12(6-4-11)21(16,19)20/h1-6,8,18H,7,9H2,(H2,16,19,20). The molecular formula is C14H14N4O2S.